The van der Waals surface area contributed by atoms with Crippen molar-refractivity contribution in [2.75, 3.05) is 0 Å². The molecule has 2 bridgehead atoms. The van der Waals surface area contributed by atoms with E-state index < -0.39 is 5.82 Å². The molecule has 2 unspecified atom stereocenters. The minimum atomic E-state index is -0.452. The van der Waals surface area contributed by atoms with E-state index >= 15 is 0 Å². The van der Waals surface area contributed by atoms with Crippen LogP contribution in [0.1, 0.15) is 42.4 Å². The maximum absolute atomic E-state index is 14.1. The molecule has 0 radical (unpaired) electrons. The SMILES string of the molecule is N#Cc1ccc(CC(=O)C2CC3CCC(C2)N3Cc2ccccc2)c(F)c1. The van der Waals surface area contributed by atoms with Gasteiger partial charge in [0.25, 0.3) is 0 Å². The van der Waals surface area contributed by atoms with Gasteiger partial charge in [-0.2, -0.15) is 5.26 Å². The lowest BCUT2D eigenvalue weighted by Crippen LogP contribution is -2.44. The van der Waals surface area contributed by atoms with E-state index in [9.17, 15) is 9.18 Å². The predicted molar refractivity (Wildman–Crippen MR) is 101 cm³/mol. The van der Waals surface area contributed by atoms with E-state index in [2.05, 4.69) is 29.2 Å². The number of halogens is 1. The summed E-state index contributed by atoms with van der Waals surface area (Å²) in [5.74, 6) is -0.300. The van der Waals surface area contributed by atoms with Gasteiger partial charge in [0.15, 0.2) is 0 Å². The smallest absolute Gasteiger partial charge is 0.140 e. The molecule has 0 amide bonds. The Bertz CT molecular complexity index is 860. The van der Waals surface area contributed by atoms with Crippen LogP contribution in [0.2, 0.25) is 0 Å². The summed E-state index contributed by atoms with van der Waals surface area (Å²) in [4.78, 5) is 15.4. The van der Waals surface area contributed by atoms with Crippen LogP contribution in [0.25, 0.3) is 0 Å². The van der Waals surface area contributed by atoms with Crippen molar-refractivity contribution in [1.82, 2.24) is 4.90 Å². The maximum Gasteiger partial charge on any atom is 0.140 e. The third-order valence-corrected chi connectivity index (χ3v) is 6.09. The Hall–Kier alpha value is -2.51. The third kappa shape index (κ3) is 3.79. The fourth-order valence-corrected chi connectivity index (χ4v) is 4.68. The van der Waals surface area contributed by atoms with Crippen LogP contribution in [-0.2, 0) is 17.8 Å². The van der Waals surface area contributed by atoms with E-state index in [1.54, 1.807) is 12.1 Å². The Kier molecular flexibility index (Phi) is 5.05. The predicted octanol–water partition coefficient (Wildman–Crippen LogP) is 4.25. The zero-order valence-corrected chi connectivity index (χ0v) is 15.3. The van der Waals surface area contributed by atoms with Crippen LogP contribution >= 0.6 is 0 Å². The van der Waals surface area contributed by atoms with Gasteiger partial charge in [-0.1, -0.05) is 36.4 Å². The molecule has 0 saturated carbocycles. The summed E-state index contributed by atoms with van der Waals surface area (Å²) >= 11 is 0. The van der Waals surface area contributed by atoms with E-state index in [1.165, 1.54) is 11.6 Å². The monoisotopic (exact) mass is 362 g/mol. The molecular formula is C23H23FN2O. The lowest BCUT2D eigenvalue weighted by atomic mass is 9.84. The van der Waals surface area contributed by atoms with Gasteiger partial charge in [-0.05, 0) is 48.9 Å². The van der Waals surface area contributed by atoms with Crippen molar-refractivity contribution in [3.63, 3.8) is 0 Å². The highest BCUT2D eigenvalue weighted by Crippen LogP contribution is 2.40. The van der Waals surface area contributed by atoms with Crippen molar-refractivity contribution < 1.29 is 9.18 Å². The number of carbonyl (C=O) groups is 1. The summed E-state index contributed by atoms with van der Waals surface area (Å²) in [5.41, 5.74) is 2.01. The van der Waals surface area contributed by atoms with Crippen molar-refractivity contribution in [3.05, 3.63) is 71.0 Å². The van der Waals surface area contributed by atoms with Crippen molar-refractivity contribution >= 4 is 5.78 Å². The number of piperidine rings is 1. The molecule has 2 aliphatic rings. The molecule has 27 heavy (non-hydrogen) atoms. The summed E-state index contributed by atoms with van der Waals surface area (Å²) in [6.07, 6.45) is 4.17. The Morgan fingerprint density at radius 2 is 1.81 bits per heavy atom. The van der Waals surface area contributed by atoms with Gasteiger partial charge in [0.1, 0.15) is 11.6 Å². The van der Waals surface area contributed by atoms with Gasteiger partial charge in [-0.3, -0.25) is 9.69 Å². The fraction of sp³-hybridized carbons (Fsp3) is 0.391. The molecule has 0 aromatic heterocycles. The standard InChI is InChI=1S/C23H23FN2O/c24-22-10-17(14-25)6-7-18(22)13-23(27)19-11-20-8-9-21(12-19)26(20)15-16-4-2-1-3-5-16/h1-7,10,19-21H,8-9,11-13,15H2. The normalized spacial score (nSPS) is 24.5. The van der Waals surface area contributed by atoms with Crippen LogP contribution in [-0.4, -0.2) is 22.8 Å². The zero-order valence-electron chi connectivity index (χ0n) is 15.3. The van der Waals surface area contributed by atoms with Crippen LogP contribution in [0.3, 0.4) is 0 Å². The zero-order chi connectivity index (χ0) is 18.8. The average molecular weight is 362 g/mol. The largest absolute Gasteiger partial charge is 0.299 e. The number of hydrogen-bond acceptors (Lipinski definition) is 3. The second-order valence-corrected chi connectivity index (χ2v) is 7.77. The number of fused-ring (bicyclic) bond motifs is 2. The van der Waals surface area contributed by atoms with Gasteiger partial charge in [-0.25, -0.2) is 4.39 Å². The van der Waals surface area contributed by atoms with E-state index in [-0.39, 0.29) is 23.7 Å². The second kappa shape index (κ2) is 7.62. The molecule has 2 aromatic carbocycles. The molecule has 2 atom stereocenters. The van der Waals surface area contributed by atoms with E-state index in [0.717, 1.165) is 32.2 Å². The maximum atomic E-state index is 14.1. The molecule has 138 valence electrons. The summed E-state index contributed by atoms with van der Waals surface area (Å²) in [6, 6.07) is 17.7. The Morgan fingerprint density at radius 1 is 1.11 bits per heavy atom. The van der Waals surface area contributed by atoms with Gasteiger partial charge in [0, 0.05) is 31.0 Å². The third-order valence-electron chi connectivity index (χ3n) is 6.09. The van der Waals surface area contributed by atoms with Gasteiger partial charge in [0.2, 0.25) is 0 Å². The van der Waals surface area contributed by atoms with Crippen molar-refractivity contribution in [2.24, 2.45) is 5.92 Å². The lowest BCUT2D eigenvalue weighted by Gasteiger charge is -2.38. The Morgan fingerprint density at radius 3 is 2.44 bits per heavy atom. The van der Waals surface area contributed by atoms with Gasteiger partial charge < -0.3 is 0 Å². The number of Topliss-reactive ketones (excluding diaryl/α,β-unsaturated/α-hetero) is 1. The molecule has 0 aliphatic carbocycles. The van der Waals surface area contributed by atoms with Crippen LogP contribution in [0.5, 0.6) is 0 Å². The number of nitriles is 1. The number of benzene rings is 2. The number of nitrogens with zero attached hydrogens (tertiary/aromatic N) is 2. The Labute approximate surface area is 159 Å². The van der Waals surface area contributed by atoms with E-state index in [4.69, 9.17) is 5.26 Å². The van der Waals surface area contributed by atoms with Crippen LogP contribution < -0.4 is 0 Å². The van der Waals surface area contributed by atoms with Gasteiger partial charge >= 0.3 is 0 Å². The minimum Gasteiger partial charge on any atom is -0.299 e. The quantitative estimate of drug-likeness (QED) is 0.799. The van der Waals surface area contributed by atoms with E-state index in [0.29, 0.717) is 17.6 Å². The summed E-state index contributed by atoms with van der Waals surface area (Å²) in [7, 11) is 0. The van der Waals surface area contributed by atoms with Crippen molar-refractivity contribution in [2.45, 2.75) is 50.7 Å². The molecule has 4 heteroatoms. The number of rotatable bonds is 5. The number of hydrogen-bond donors (Lipinski definition) is 0. The Balaban J connectivity index is 1.41. The lowest BCUT2D eigenvalue weighted by molar-refractivity contribution is -0.124. The highest BCUT2D eigenvalue weighted by atomic mass is 19.1. The second-order valence-electron chi connectivity index (χ2n) is 7.77. The highest BCUT2D eigenvalue weighted by molar-refractivity contribution is 5.83. The number of ketones is 1. The van der Waals surface area contributed by atoms with Gasteiger partial charge in [0.05, 0.1) is 11.6 Å². The first-order chi connectivity index (χ1) is 13.1. The minimum absolute atomic E-state index is 0.0181. The molecule has 0 spiro atoms. The van der Waals surface area contributed by atoms with Crippen LogP contribution in [0.4, 0.5) is 4.39 Å². The molecule has 3 nitrogen and oxygen atoms in total. The highest BCUT2D eigenvalue weighted by Gasteiger charge is 2.42. The number of carbonyl (C=O) groups excluding carboxylic acids is 1. The van der Waals surface area contributed by atoms with E-state index in [1.807, 2.05) is 12.1 Å². The van der Waals surface area contributed by atoms with Crippen molar-refractivity contribution in [3.8, 4) is 6.07 Å². The average Bonchev–Trinajstić information content (AvgIpc) is 2.91. The molecule has 2 aliphatic heterocycles. The molecule has 2 fully saturated rings. The molecule has 2 aromatic rings. The fourth-order valence-electron chi connectivity index (χ4n) is 4.68. The first kappa shape index (κ1) is 17.9. The molecular weight excluding hydrogens is 339 g/mol. The molecule has 2 saturated heterocycles. The van der Waals surface area contributed by atoms with Gasteiger partial charge in [-0.15, -0.1) is 0 Å². The van der Waals surface area contributed by atoms with Crippen molar-refractivity contribution in [1.29, 1.82) is 5.26 Å². The summed E-state index contributed by atoms with van der Waals surface area (Å²) < 4.78 is 14.1. The first-order valence-electron chi connectivity index (χ1n) is 9.65. The molecule has 4 rings (SSSR count). The van der Waals surface area contributed by atoms with Crippen LogP contribution in [0, 0.1) is 23.1 Å². The molecule has 2 heterocycles. The molecule has 0 N–H and O–H groups in total. The van der Waals surface area contributed by atoms with Crippen LogP contribution in [0.15, 0.2) is 48.5 Å². The topological polar surface area (TPSA) is 44.1 Å². The summed E-state index contributed by atoms with van der Waals surface area (Å²) in [6.45, 7) is 0.946. The first-order valence-corrected chi connectivity index (χ1v) is 9.65. The summed E-state index contributed by atoms with van der Waals surface area (Å²) in [5, 5.41) is 8.85.